The predicted octanol–water partition coefficient (Wildman–Crippen LogP) is 2.79. The van der Waals surface area contributed by atoms with E-state index >= 15 is 0 Å². The Hall–Kier alpha value is -1.49. The lowest BCUT2D eigenvalue weighted by atomic mass is 10.3. The van der Waals surface area contributed by atoms with Crippen LogP contribution in [0.1, 0.15) is 5.69 Å². The molecule has 0 saturated heterocycles. The molecule has 16 heavy (non-hydrogen) atoms. The van der Waals surface area contributed by atoms with E-state index in [4.69, 9.17) is 4.74 Å². The number of H-pyrrole nitrogens is 1. The summed E-state index contributed by atoms with van der Waals surface area (Å²) >= 11 is 3.43. The summed E-state index contributed by atoms with van der Waals surface area (Å²) in [5.74, 6) is 0.822. The van der Waals surface area contributed by atoms with Gasteiger partial charge in [-0.25, -0.2) is 4.98 Å². The first-order chi connectivity index (χ1) is 7.79. The van der Waals surface area contributed by atoms with Gasteiger partial charge in [-0.2, -0.15) is 0 Å². The average molecular weight is 282 g/mol. The van der Waals surface area contributed by atoms with E-state index in [1.807, 2.05) is 18.2 Å². The fourth-order valence-electron chi connectivity index (χ4n) is 1.39. The van der Waals surface area contributed by atoms with Crippen molar-refractivity contribution in [2.24, 2.45) is 0 Å². The lowest BCUT2D eigenvalue weighted by Crippen LogP contribution is -2.01. The molecule has 0 aliphatic heterocycles. The van der Waals surface area contributed by atoms with E-state index in [1.54, 1.807) is 19.6 Å². The highest BCUT2D eigenvalue weighted by atomic mass is 79.9. The van der Waals surface area contributed by atoms with Gasteiger partial charge in [-0.3, -0.25) is 0 Å². The van der Waals surface area contributed by atoms with Gasteiger partial charge in [-0.15, -0.1) is 0 Å². The molecule has 2 rings (SSSR count). The van der Waals surface area contributed by atoms with Crippen LogP contribution in [0.25, 0.3) is 0 Å². The minimum atomic E-state index is 0.687. The second kappa shape index (κ2) is 5.03. The monoisotopic (exact) mass is 281 g/mol. The van der Waals surface area contributed by atoms with Crippen molar-refractivity contribution < 1.29 is 4.74 Å². The number of aromatic nitrogens is 2. The van der Waals surface area contributed by atoms with Gasteiger partial charge in [0.05, 0.1) is 31.4 Å². The molecule has 0 radical (unpaired) electrons. The molecule has 0 spiro atoms. The van der Waals surface area contributed by atoms with Crippen molar-refractivity contribution >= 4 is 21.6 Å². The van der Waals surface area contributed by atoms with E-state index in [1.165, 1.54) is 0 Å². The van der Waals surface area contributed by atoms with Crippen LogP contribution in [0.2, 0.25) is 0 Å². The van der Waals surface area contributed by atoms with Gasteiger partial charge in [0.15, 0.2) is 0 Å². The number of hydrogen-bond donors (Lipinski definition) is 2. The van der Waals surface area contributed by atoms with Crippen LogP contribution in [0.3, 0.4) is 0 Å². The van der Waals surface area contributed by atoms with E-state index in [0.717, 1.165) is 21.6 Å². The third-order valence-electron chi connectivity index (χ3n) is 2.19. The number of halogens is 1. The average Bonchev–Trinajstić information content (AvgIpc) is 2.79. The van der Waals surface area contributed by atoms with Crippen LogP contribution in [-0.2, 0) is 6.54 Å². The summed E-state index contributed by atoms with van der Waals surface area (Å²) in [7, 11) is 1.66. The molecule has 0 amide bonds. The smallest absolute Gasteiger partial charge is 0.142 e. The molecule has 0 aliphatic carbocycles. The van der Waals surface area contributed by atoms with Gasteiger partial charge in [-0.1, -0.05) is 15.9 Å². The van der Waals surface area contributed by atoms with Gasteiger partial charge in [-0.05, 0) is 18.2 Å². The largest absolute Gasteiger partial charge is 0.495 e. The molecule has 1 aromatic heterocycles. The zero-order valence-corrected chi connectivity index (χ0v) is 10.4. The molecule has 2 aromatic rings. The minimum absolute atomic E-state index is 0.687. The Kier molecular flexibility index (Phi) is 3.46. The van der Waals surface area contributed by atoms with E-state index in [0.29, 0.717) is 6.54 Å². The maximum Gasteiger partial charge on any atom is 0.142 e. The van der Waals surface area contributed by atoms with Crippen molar-refractivity contribution in [1.82, 2.24) is 9.97 Å². The number of nitrogens with one attached hydrogen (secondary N) is 2. The van der Waals surface area contributed by atoms with Crippen molar-refractivity contribution in [1.29, 1.82) is 0 Å². The standard InChI is InChI=1S/C11H12BrN3O/c1-16-11-3-2-8(12)4-10(11)14-6-9-5-13-7-15-9/h2-5,7,14H,6H2,1H3,(H,13,15). The first kappa shape index (κ1) is 11.0. The van der Waals surface area contributed by atoms with Crippen LogP contribution >= 0.6 is 15.9 Å². The van der Waals surface area contributed by atoms with Gasteiger partial charge < -0.3 is 15.0 Å². The molecular formula is C11H12BrN3O. The van der Waals surface area contributed by atoms with Crippen molar-refractivity contribution in [3.63, 3.8) is 0 Å². The van der Waals surface area contributed by atoms with E-state index < -0.39 is 0 Å². The summed E-state index contributed by atoms with van der Waals surface area (Å²) in [6.07, 6.45) is 3.45. The van der Waals surface area contributed by atoms with Crippen molar-refractivity contribution in [3.05, 3.63) is 40.9 Å². The van der Waals surface area contributed by atoms with Crippen LogP contribution in [0.5, 0.6) is 5.75 Å². The Morgan fingerprint density at radius 2 is 2.38 bits per heavy atom. The number of rotatable bonds is 4. The highest BCUT2D eigenvalue weighted by Crippen LogP contribution is 2.28. The Balaban J connectivity index is 2.11. The highest BCUT2D eigenvalue weighted by Gasteiger charge is 2.03. The van der Waals surface area contributed by atoms with Crippen LogP contribution in [0.15, 0.2) is 35.2 Å². The molecule has 1 aromatic carbocycles. The van der Waals surface area contributed by atoms with Crippen LogP contribution < -0.4 is 10.1 Å². The molecule has 0 fully saturated rings. The van der Waals surface area contributed by atoms with E-state index in [2.05, 4.69) is 31.2 Å². The SMILES string of the molecule is COc1ccc(Br)cc1NCc1cnc[nH]1. The number of benzene rings is 1. The number of hydrogen-bond acceptors (Lipinski definition) is 3. The van der Waals surface area contributed by atoms with Gasteiger partial charge in [0.1, 0.15) is 5.75 Å². The van der Waals surface area contributed by atoms with Gasteiger partial charge >= 0.3 is 0 Å². The summed E-state index contributed by atoms with van der Waals surface area (Å²) < 4.78 is 6.28. The molecule has 0 bridgehead atoms. The number of nitrogens with zero attached hydrogens (tertiary/aromatic N) is 1. The van der Waals surface area contributed by atoms with Crippen LogP contribution in [-0.4, -0.2) is 17.1 Å². The Bertz CT molecular complexity index is 456. The van der Waals surface area contributed by atoms with E-state index in [9.17, 15) is 0 Å². The fourth-order valence-corrected chi connectivity index (χ4v) is 1.75. The lowest BCUT2D eigenvalue weighted by Gasteiger charge is -2.10. The molecule has 0 aliphatic rings. The molecular weight excluding hydrogens is 270 g/mol. The molecule has 0 atom stereocenters. The Labute approximate surface area is 102 Å². The zero-order valence-electron chi connectivity index (χ0n) is 8.83. The lowest BCUT2D eigenvalue weighted by molar-refractivity contribution is 0.416. The topological polar surface area (TPSA) is 49.9 Å². The Morgan fingerprint density at radius 3 is 3.06 bits per heavy atom. The molecule has 0 saturated carbocycles. The Morgan fingerprint density at radius 1 is 1.50 bits per heavy atom. The predicted molar refractivity (Wildman–Crippen MR) is 66.6 cm³/mol. The second-order valence-electron chi connectivity index (χ2n) is 3.28. The zero-order chi connectivity index (χ0) is 11.4. The fraction of sp³-hybridized carbons (Fsp3) is 0.182. The van der Waals surface area contributed by atoms with Crippen molar-refractivity contribution in [2.45, 2.75) is 6.54 Å². The number of imidazole rings is 1. The number of ether oxygens (including phenoxy) is 1. The van der Waals surface area contributed by atoms with Gasteiger partial charge in [0.2, 0.25) is 0 Å². The normalized spacial score (nSPS) is 10.1. The molecule has 0 unspecified atom stereocenters. The third-order valence-corrected chi connectivity index (χ3v) is 2.68. The third kappa shape index (κ3) is 2.55. The number of aromatic amines is 1. The quantitative estimate of drug-likeness (QED) is 0.906. The van der Waals surface area contributed by atoms with Crippen molar-refractivity contribution in [3.8, 4) is 5.75 Å². The number of anilines is 1. The summed E-state index contributed by atoms with van der Waals surface area (Å²) in [6, 6.07) is 5.84. The summed E-state index contributed by atoms with van der Waals surface area (Å²) in [5.41, 5.74) is 1.98. The maximum absolute atomic E-state index is 5.26. The molecule has 1 heterocycles. The van der Waals surface area contributed by atoms with Gasteiger partial charge in [0, 0.05) is 10.7 Å². The second-order valence-corrected chi connectivity index (χ2v) is 4.19. The molecule has 5 heteroatoms. The van der Waals surface area contributed by atoms with Crippen LogP contribution in [0, 0.1) is 0 Å². The molecule has 84 valence electrons. The van der Waals surface area contributed by atoms with Crippen molar-refractivity contribution in [2.75, 3.05) is 12.4 Å². The number of methoxy groups -OCH3 is 1. The minimum Gasteiger partial charge on any atom is -0.495 e. The molecule has 4 nitrogen and oxygen atoms in total. The maximum atomic E-state index is 5.26. The molecule has 2 N–H and O–H groups in total. The summed E-state index contributed by atoms with van der Waals surface area (Å²) in [5, 5.41) is 3.28. The summed E-state index contributed by atoms with van der Waals surface area (Å²) in [6.45, 7) is 0.687. The first-order valence-corrected chi connectivity index (χ1v) is 5.63. The summed E-state index contributed by atoms with van der Waals surface area (Å²) in [4.78, 5) is 6.99. The van der Waals surface area contributed by atoms with Crippen LogP contribution in [0.4, 0.5) is 5.69 Å². The van der Waals surface area contributed by atoms with Gasteiger partial charge in [0.25, 0.3) is 0 Å². The first-order valence-electron chi connectivity index (χ1n) is 4.84. The van der Waals surface area contributed by atoms with E-state index in [-0.39, 0.29) is 0 Å². The highest BCUT2D eigenvalue weighted by molar-refractivity contribution is 9.10.